The van der Waals surface area contributed by atoms with E-state index in [1.165, 1.54) is 11.8 Å². The van der Waals surface area contributed by atoms with Gasteiger partial charge in [-0.25, -0.2) is 0 Å². The highest BCUT2D eigenvalue weighted by Gasteiger charge is 2.30. The van der Waals surface area contributed by atoms with Gasteiger partial charge in [0.25, 0.3) is 5.91 Å². The summed E-state index contributed by atoms with van der Waals surface area (Å²) in [7, 11) is 0. The van der Waals surface area contributed by atoms with Crippen LogP contribution in [0.4, 0.5) is 0 Å². The van der Waals surface area contributed by atoms with Crippen molar-refractivity contribution in [1.29, 1.82) is 0 Å². The highest BCUT2D eigenvalue weighted by molar-refractivity contribution is 9.12. The van der Waals surface area contributed by atoms with Crippen molar-refractivity contribution in [1.82, 2.24) is 4.90 Å². The van der Waals surface area contributed by atoms with Crippen LogP contribution in [-0.2, 0) is 4.79 Å². The molecule has 0 N–H and O–H groups in total. The molecule has 2 rings (SSSR count). The molecular formula is C14H12BrNOS2. The SMILES string of the molecule is CCN1C(=O)/C(=C\C(Br)=C\c2ccccc2)SC1=S. The van der Waals surface area contributed by atoms with E-state index in [0.29, 0.717) is 15.8 Å². The third-order valence-corrected chi connectivity index (χ3v) is 4.40. The van der Waals surface area contributed by atoms with Crippen molar-refractivity contribution in [2.75, 3.05) is 6.54 Å². The van der Waals surface area contributed by atoms with Gasteiger partial charge in [-0.15, -0.1) is 0 Å². The number of allylic oxidation sites excluding steroid dienone is 2. The van der Waals surface area contributed by atoms with E-state index in [1.54, 1.807) is 4.90 Å². The summed E-state index contributed by atoms with van der Waals surface area (Å²) in [6.45, 7) is 2.53. The molecule has 2 nitrogen and oxygen atoms in total. The van der Waals surface area contributed by atoms with Gasteiger partial charge in [0.15, 0.2) is 0 Å². The van der Waals surface area contributed by atoms with Crippen LogP contribution in [0.5, 0.6) is 0 Å². The normalized spacial score (nSPS) is 18.5. The van der Waals surface area contributed by atoms with E-state index in [2.05, 4.69) is 15.9 Å². The molecule has 0 aliphatic carbocycles. The number of thiocarbonyl (C=S) groups is 1. The fourth-order valence-corrected chi connectivity index (χ4v) is 3.67. The summed E-state index contributed by atoms with van der Waals surface area (Å²) in [6.07, 6.45) is 3.79. The lowest BCUT2D eigenvalue weighted by Gasteiger charge is -2.09. The summed E-state index contributed by atoms with van der Waals surface area (Å²) >= 11 is 9.98. The van der Waals surface area contributed by atoms with Gasteiger partial charge < -0.3 is 0 Å². The lowest BCUT2D eigenvalue weighted by molar-refractivity contribution is -0.122. The second-order valence-electron chi connectivity index (χ2n) is 3.87. The van der Waals surface area contributed by atoms with Gasteiger partial charge in [-0.3, -0.25) is 9.69 Å². The first-order valence-corrected chi connectivity index (χ1v) is 7.81. The van der Waals surface area contributed by atoms with Crippen LogP contribution in [0.25, 0.3) is 6.08 Å². The molecule has 1 amide bonds. The summed E-state index contributed by atoms with van der Waals surface area (Å²) in [5.74, 6) is -0.0177. The Morgan fingerprint density at radius 3 is 2.68 bits per heavy atom. The smallest absolute Gasteiger partial charge is 0.266 e. The van der Waals surface area contributed by atoms with E-state index < -0.39 is 0 Å². The van der Waals surface area contributed by atoms with Gasteiger partial charge in [-0.05, 0) is 24.6 Å². The molecule has 0 atom stereocenters. The third kappa shape index (κ3) is 3.55. The predicted molar refractivity (Wildman–Crippen MR) is 89.0 cm³/mol. The van der Waals surface area contributed by atoms with Gasteiger partial charge in [-0.2, -0.15) is 0 Å². The molecule has 19 heavy (non-hydrogen) atoms. The third-order valence-electron chi connectivity index (χ3n) is 2.56. The Hall–Kier alpha value is -0.910. The van der Waals surface area contributed by atoms with Crippen molar-refractivity contribution in [2.45, 2.75) is 6.92 Å². The zero-order valence-electron chi connectivity index (χ0n) is 10.3. The lowest BCUT2D eigenvalue weighted by Crippen LogP contribution is -2.27. The number of rotatable bonds is 3. The topological polar surface area (TPSA) is 20.3 Å². The monoisotopic (exact) mass is 353 g/mol. The molecule has 1 aliphatic rings. The Kier molecular flexibility index (Phi) is 4.96. The van der Waals surface area contributed by atoms with Gasteiger partial charge in [0, 0.05) is 11.0 Å². The molecule has 1 fully saturated rings. The average Bonchev–Trinajstić information content (AvgIpc) is 2.65. The van der Waals surface area contributed by atoms with Crippen molar-refractivity contribution in [2.24, 2.45) is 0 Å². The van der Waals surface area contributed by atoms with E-state index in [-0.39, 0.29) is 5.91 Å². The fraction of sp³-hybridized carbons (Fsp3) is 0.143. The van der Waals surface area contributed by atoms with Crippen LogP contribution in [0, 0.1) is 0 Å². The zero-order valence-corrected chi connectivity index (χ0v) is 13.5. The van der Waals surface area contributed by atoms with Crippen LogP contribution >= 0.6 is 39.9 Å². The summed E-state index contributed by atoms with van der Waals surface area (Å²) in [4.78, 5) is 14.3. The number of thioether (sulfide) groups is 1. The second kappa shape index (κ2) is 6.50. The number of carbonyl (C=O) groups excluding carboxylic acids is 1. The van der Waals surface area contributed by atoms with Gasteiger partial charge in [0.05, 0.1) is 4.91 Å². The zero-order chi connectivity index (χ0) is 13.8. The van der Waals surface area contributed by atoms with Crippen molar-refractivity contribution in [3.05, 3.63) is 51.4 Å². The van der Waals surface area contributed by atoms with E-state index >= 15 is 0 Å². The van der Waals surface area contributed by atoms with E-state index in [9.17, 15) is 4.79 Å². The molecule has 0 spiro atoms. The molecule has 0 radical (unpaired) electrons. The number of likely N-dealkylation sites (N-methyl/N-ethyl adjacent to an activating group) is 1. The molecule has 0 aromatic heterocycles. The first-order valence-electron chi connectivity index (χ1n) is 5.79. The minimum Gasteiger partial charge on any atom is -0.293 e. The van der Waals surface area contributed by atoms with Crippen molar-refractivity contribution < 1.29 is 4.79 Å². The molecule has 0 unspecified atom stereocenters. The molecule has 0 bridgehead atoms. The van der Waals surface area contributed by atoms with Crippen LogP contribution < -0.4 is 0 Å². The summed E-state index contributed by atoms with van der Waals surface area (Å²) in [5, 5.41) is 0. The van der Waals surface area contributed by atoms with Gasteiger partial charge in [-0.1, -0.05) is 70.2 Å². The number of hydrogen-bond donors (Lipinski definition) is 0. The number of amides is 1. The number of benzene rings is 1. The maximum absolute atomic E-state index is 12.0. The van der Waals surface area contributed by atoms with Crippen LogP contribution in [0.2, 0.25) is 0 Å². The average molecular weight is 354 g/mol. The number of halogens is 1. The Labute approximate surface area is 130 Å². The first-order chi connectivity index (χ1) is 9.11. The maximum Gasteiger partial charge on any atom is 0.266 e. The van der Waals surface area contributed by atoms with Crippen LogP contribution in [0.3, 0.4) is 0 Å². The minimum absolute atomic E-state index is 0.0177. The number of hydrogen-bond acceptors (Lipinski definition) is 3. The molecule has 1 heterocycles. The predicted octanol–water partition coefficient (Wildman–Crippen LogP) is 4.19. The van der Waals surface area contributed by atoms with Crippen molar-refractivity contribution in [3.63, 3.8) is 0 Å². The molecule has 5 heteroatoms. The summed E-state index contributed by atoms with van der Waals surface area (Å²) in [5.41, 5.74) is 1.08. The van der Waals surface area contributed by atoms with Crippen LogP contribution in [-0.4, -0.2) is 21.7 Å². The van der Waals surface area contributed by atoms with Crippen LogP contribution in [0.15, 0.2) is 45.8 Å². The fourth-order valence-electron chi connectivity index (χ4n) is 1.65. The van der Waals surface area contributed by atoms with E-state index in [0.717, 1.165) is 10.0 Å². The molecule has 98 valence electrons. The molecule has 1 aromatic carbocycles. The van der Waals surface area contributed by atoms with Crippen molar-refractivity contribution in [3.8, 4) is 0 Å². The Morgan fingerprint density at radius 1 is 1.42 bits per heavy atom. The number of carbonyl (C=O) groups is 1. The second-order valence-corrected chi connectivity index (χ2v) is 6.46. The summed E-state index contributed by atoms with van der Waals surface area (Å²) in [6, 6.07) is 9.93. The first kappa shape index (κ1) is 14.5. The minimum atomic E-state index is -0.0177. The van der Waals surface area contributed by atoms with Gasteiger partial charge in [0.1, 0.15) is 4.32 Å². The highest BCUT2D eigenvalue weighted by Crippen LogP contribution is 2.32. The Morgan fingerprint density at radius 2 is 2.11 bits per heavy atom. The standard InChI is InChI=1S/C14H12BrNOS2/c1-2-16-13(17)12(19-14(16)18)9-11(15)8-10-6-4-3-5-7-10/h3-9H,2H2,1H3/b11-8-,12-9+. The molecule has 0 saturated carbocycles. The largest absolute Gasteiger partial charge is 0.293 e. The van der Waals surface area contributed by atoms with Crippen molar-refractivity contribution >= 4 is 56.2 Å². The maximum atomic E-state index is 12.0. The highest BCUT2D eigenvalue weighted by atomic mass is 79.9. The molecule has 1 aromatic rings. The van der Waals surface area contributed by atoms with Gasteiger partial charge in [0.2, 0.25) is 0 Å². The quantitative estimate of drug-likeness (QED) is 0.600. The Bertz CT molecular complexity index is 566. The number of nitrogens with zero attached hydrogens (tertiary/aromatic N) is 1. The summed E-state index contributed by atoms with van der Waals surface area (Å²) < 4.78 is 1.48. The Balaban J connectivity index is 2.21. The van der Waals surface area contributed by atoms with Crippen LogP contribution in [0.1, 0.15) is 12.5 Å². The molecular weight excluding hydrogens is 342 g/mol. The van der Waals surface area contributed by atoms with Gasteiger partial charge >= 0.3 is 0 Å². The van der Waals surface area contributed by atoms with E-state index in [1.807, 2.05) is 49.4 Å². The van der Waals surface area contributed by atoms with E-state index in [4.69, 9.17) is 12.2 Å². The molecule has 1 saturated heterocycles. The lowest BCUT2D eigenvalue weighted by atomic mass is 10.2. The molecule has 1 aliphatic heterocycles.